The van der Waals surface area contributed by atoms with Gasteiger partial charge < -0.3 is 9.64 Å². The lowest BCUT2D eigenvalue weighted by molar-refractivity contribution is 0.0500. The molecule has 3 nitrogen and oxygen atoms in total. The lowest BCUT2D eigenvalue weighted by Crippen LogP contribution is -2.49. The second-order valence-corrected chi connectivity index (χ2v) is 7.65. The van der Waals surface area contributed by atoms with Gasteiger partial charge in [-0.3, -0.25) is 4.90 Å². The zero-order chi connectivity index (χ0) is 15.2. The Morgan fingerprint density at radius 1 is 0.952 bits per heavy atom. The summed E-state index contributed by atoms with van der Waals surface area (Å²) in [7, 11) is 1.87. The van der Waals surface area contributed by atoms with Gasteiger partial charge in [0, 0.05) is 45.9 Å². The minimum Gasteiger partial charge on any atom is -0.381 e. The highest BCUT2D eigenvalue weighted by Gasteiger charge is 2.24. The van der Waals surface area contributed by atoms with Crippen molar-refractivity contribution in [2.24, 2.45) is 11.8 Å². The van der Waals surface area contributed by atoms with Gasteiger partial charge >= 0.3 is 0 Å². The molecule has 1 atom stereocenters. The van der Waals surface area contributed by atoms with Crippen LogP contribution in [0.15, 0.2) is 0 Å². The first kappa shape index (κ1) is 17.2. The monoisotopic (exact) mass is 296 g/mol. The number of rotatable bonds is 6. The number of piperazine rings is 1. The standard InChI is InChI=1S/C18H36N2O/c1-15(2)20-11-9-19(10-12-20)14-16(3)13-17-5-7-18(21-4)8-6-17/h15-18H,5-14H2,1-4H3/t16-,17-,18-/m1/s1. The SMILES string of the molecule is CO[C@H]1CC[C@H](C[C@@H](C)CN2CCN(C(C)C)CC2)CC1. The Labute approximate surface area is 132 Å². The predicted octanol–water partition coefficient (Wildman–Crippen LogP) is 3.24. The Balaban J connectivity index is 1.63. The summed E-state index contributed by atoms with van der Waals surface area (Å²) in [6, 6.07) is 0.709. The number of ether oxygens (including phenoxy) is 1. The molecule has 124 valence electrons. The van der Waals surface area contributed by atoms with Crippen LogP contribution in [0.4, 0.5) is 0 Å². The number of nitrogens with zero attached hydrogens (tertiary/aromatic N) is 2. The van der Waals surface area contributed by atoms with Crippen LogP contribution in [0.5, 0.6) is 0 Å². The Morgan fingerprint density at radius 2 is 1.57 bits per heavy atom. The molecular formula is C18H36N2O. The maximum absolute atomic E-state index is 5.48. The van der Waals surface area contributed by atoms with Gasteiger partial charge in [-0.05, 0) is 57.8 Å². The van der Waals surface area contributed by atoms with E-state index in [2.05, 4.69) is 30.6 Å². The molecule has 0 unspecified atom stereocenters. The highest BCUT2D eigenvalue weighted by atomic mass is 16.5. The summed E-state index contributed by atoms with van der Waals surface area (Å²) in [4.78, 5) is 5.29. The lowest BCUT2D eigenvalue weighted by Gasteiger charge is -2.38. The molecule has 1 heterocycles. The van der Waals surface area contributed by atoms with Gasteiger partial charge in [-0.2, -0.15) is 0 Å². The Bertz CT molecular complexity index is 279. The summed E-state index contributed by atoms with van der Waals surface area (Å²) in [6.07, 6.45) is 7.28. The Kier molecular flexibility index (Phi) is 6.97. The van der Waals surface area contributed by atoms with Crippen LogP contribution < -0.4 is 0 Å². The first-order chi connectivity index (χ1) is 10.1. The van der Waals surface area contributed by atoms with Crippen LogP contribution in [0.3, 0.4) is 0 Å². The number of hydrogen-bond acceptors (Lipinski definition) is 3. The molecule has 0 spiro atoms. The molecule has 0 amide bonds. The third kappa shape index (κ3) is 5.54. The van der Waals surface area contributed by atoms with E-state index in [1.54, 1.807) is 0 Å². The van der Waals surface area contributed by atoms with E-state index in [-0.39, 0.29) is 0 Å². The Morgan fingerprint density at radius 3 is 2.10 bits per heavy atom. The largest absolute Gasteiger partial charge is 0.381 e. The minimum absolute atomic E-state index is 0.542. The molecule has 2 rings (SSSR count). The van der Waals surface area contributed by atoms with Crippen molar-refractivity contribution < 1.29 is 4.74 Å². The van der Waals surface area contributed by atoms with E-state index in [1.807, 2.05) is 7.11 Å². The molecule has 0 bridgehead atoms. The van der Waals surface area contributed by atoms with E-state index in [9.17, 15) is 0 Å². The molecule has 21 heavy (non-hydrogen) atoms. The first-order valence-electron chi connectivity index (χ1n) is 9.07. The summed E-state index contributed by atoms with van der Waals surface area (Å²) in [5, 5.41) is 0. The van der Waals surface area contributed by atoms with Crippen molar-refractivity contribution in [1.82, 2.24) is 9.80 Å². The number of methoxy groups -OCH3 is 1. The van der Waals surface area contributed by atoms with Crippen LogP contribution >= 0.6 is 0 Å². The van der Waals surface area contributed by atoms with Crippen LogP contribution in [-0.2, 0) is 4.74 Å². The van der Waals surface area contributed by atoms with E-state index >= 15 is 0 Å². The molecule has 2 aliphatic rings. The zero-order valence-corrected chi connectivity index (χ0v) is 14.7. The van der Waals surface area contributed by atoms with E-state index in [1.165, 1.54) is 64.8 Å². The van der Waals surface area contributed by atoms with Crippen molar-refractivity contribution in [2.45, 2.75) is 65.0 Å². The topological polar surface area (TPSA) is 15.7 Å². The third-order valence-corrected chi connectivity index (χ3v) is 5.57. The molecule has 0 aromatic heterocycles. The van der Waals surface area contributed by atoms with Crippen LogP contribution in [0.2, 0.25) is 0 Å². The highest BCUT2D eigenvalue weighted by molar-refractivity contribution is 4.78. The summed E-state index contributed by atoms with van der Waals surface area (Å²) >= 11 is 0. The summed E-state index contributed by atoms with van der Waals surface area (Å²) < 4.78 is 5.48. The second-order valence-electron chi connectivity index (χ2n) is 7.65. The molecule has 0 radical (unpaired) electrons. The number of hydrogen-bond donors (Lipinski definition) is 0. The van der Waals surface area contributed by atoms with Crippen LogP contribution in [-0.4, -0.2) is 61.8 Å². The third-order valence-electron chi connectivity index (χ3n) is 5.57. The maximum atomic E-state index is 5.48. The molecule has 1 saturated heterocycles. The van der Waals surface area contributed by atoms with Crippen molar-refractivity contribution in [1.29, 1.82) is 0 Å². The molecule has 1 saturated carbocycles. The molecule has 0 aromatic rings. The normalized spacial score (nSPS) is 30.7. The van der Waals surface area contributed by atoms with Crippen molar-refractivity contribution >= 4 is 0 Å². The first-order valence-corrected chi connectivity index (χ1v) is 9.07. The van der Waals surface area contributed by atoms with Gasteiger partial charge in [-0.1, -0.05) is 6.92 Å². The Hall–Kier alpha value is -0.120. The van der Waals surface area contributed by atoms with E-state index in [4.69, 9.17) is 4.74 Å². The zero-order valence-electron chi connectivity index (χ0n) is 14.7. The molecule has 0 N–H and O–H groups in total. The minimum atomic E-state index is 0.542. The molecule has 1 aliphatic heterocycles. The summed E-state index contributed by atoms with van der Waals surface area (Å²) in [5.74, 6) is 1.79. The molecular weight excluding hydrogens is 260 g/mol. The quantitative estimate of drug-likeness (QED) is 0.748. The van der Waals surface area contributed by atoms with Crippen LogP contribution in [0.1, 0.15) is 52.9 Å². The fraction of sp³-hybridized carbons (Fsp3) is 1.00. The molecule has 0 aromatic carbocycles. The molecule has 1 aliphatic carbocycles. The smallest absolute Gasteiger partial charge is 0.0571 e. The van der Waals surface area contributed by atoms with Gasteiger partial charge in [-0.15, -0.1) is 0 Å². The average Bonchev–Trinajstić information content (AvgIpc) is 2.48. The molecule has 3 heteroatoms. The van der Waals surface area contributed by atoms with Crippen molar-refractivity contribution in [3.05, 3.63) is 0 Å². The fourth-order valence-electron chi connectivity index (χ4n) is 4.15. The summed E-state index contributed by atoms with van der Waals surface area (Å²) in [5.41, 5.74) is 0. The van der Waals surface area contributed by atoms with Crippen LogP contribution in [0.25, 0.3) is 0 Å². The van der Waals surface area contributed by atoms with E-state index in [0.29, 0.717) is 12.1 Å². The van der Waals surface area contributed by atoms with Crippen LogP contribution in [0, 0.1) is 11.8 Å². The predicted molar refractivity (Wildman–Crippen MR) is 89.7 cm³/mol. The second kappa shape index (κ2) is 8.50. The summed E-state index contributed by atoms with van der Waals surface area (Å²) in [6.45, 7) is 13.4. The van der Waals surface area contributed by atoms with Crippen molar-refractivity contribution in [2.75, 3.05) is 39.8 Å². The lowest BCUT2D eigenvalue weighted by atomic mass is 9.82. The maximum Gasteiger partial charge on any atom is 0.0571 e. The van der Waals surface area contributed by atoms with Gasteiger partial charge in [0.1, 0.15) is 0 Å². The van der Waals surface area contributed by atoms with Gasteiger partial charge in [0.25, 0.3) is 0 Å². The van der Waals surface area contributed by atoms with Gasteiger partial charge in [-0.25, -0.2) is 0 Å². The molecule has 2 fully saturated rings. The fourth-order valence-corrected chi connectivity index (χ4v) is 4.15. The van der Waals surface area contributed by atoms with Crippen molar-refractivity contribution in [3.8, 4) is 0 Å². The van der Waals surface area contributed by atoms with Gasteiger partial charge in [0.05, 0.1) is 6.10 Å². The van der Waals surface area contributed by atoms with Crippen molar-refractivity contribution in [3.63, 3.8) is 0 Å². The highest BCUT2D eigenvalue weighted by Crippen LogP contribution is 2.30. The average molecular weight is 296 g/mol. The van der Waals surface area contributed by atoms with Gasteiger partial charge in [0.15, 0.2) is 0 Å². The van der Waals surface area contributed by atoms with E-state index in [0.717, 1.165) is 11.8 Å². The van der Waals surface area contributed by atoms with Gasteiger partial charge in [0.2, 0.25) is 0 Å². The van der Waals surface area contributed by atoms with E-state index < -0.39 is 0 Å².